The van der Waals surface area contributed by atoms with Gasteiger partial charge in [-0.15, -0.1) is 0 Å². The molecule has 0 aliphatic heterocycles. The van der Waals surface area contributed by atoms with Gasteiger partial charge in [0.15, 0.2) is 0 Å². The normalized spacial score (nSPS) is 13.4. The van der Waals surface area contributed by atoms with E-state index in [1.54, 1.807) is 12.1 Å². The molecule has 0 aliphatic rings. The van der Waals surface area contributed by atoms with Crippen LogP contribution in [-0.2, 0) is 40.4 Å². The number of hydrogen-bond acceptors (Lipinski definition) is 6. The average molecular weight is 614 g/mol. The minimum atomic E-state index is -4.59. The fraction of sp³-hybridized carbons (Fsp3) is 0.321. The van der Waals surface area contributed by atoms with Crippen molar-refractivity contribution in [1.82, 2.24) is 10.6 Å². The Bertz CT molecular complexity index is 1490. The molecule has 13 heteroatoms. The highest BCUT2D eigenvalue weighted by Gasteiger charge is 2.33. The zero-order valence-corrected chi connectivity index (χ0v) is 23.9. The third-order valence-corrected chi connectivity index (χ3v) is 7.00. The Labute approximate surface area is 241 Å². The average Bonchev–Trinajstić information content (AvgIpc) is 2.87. The summed E-state index contributed by atoms with van der Waals surface area (Å²) < 4.78 is 64.4. The molecule has 0 saturated heterocycles. The largest absolute Gasteiger partial charge is 0.506 e. The Hall–Kier alpha value is -3.32. The van der Waals surface area contributed by atoms with E-state index >= 15 is 0 Å². The molecule has 0 aliphatic carbocycles. The lowest BCUT2D eigenvalue weighted by Gasteiger charge is -2.19. The summed E-state index contributed by atoms with van der Waals surface area (Å²) in [5, 5.41) is 25.9. The highest BCUT2D eigenvalue weighted by Crippen LogP contribution is 2.35. The molecule has 8 nitrogen and oxygen atoms in total. The van der Waals surface area contributed by atoms with Crippen molar-refractivity contribution in [3.63, 3.8) is 0 Å². The lowest BCUT2D eigenvalue weighted by Crippen LogP contribution is -2.32. The van der Waals surface area contributed by atoms with E-state index in [-0.39, 0.29) is 48.5 Å². The highest BCUT2D eigenvalue weighted by molar-refractivity contribution is 7.92. The number of phenolic OH excluding ortho intramolecular Hbond substituents is 1. The highest BCUT2D eigenvalue weighted by atomic mass is 35.5. The summed E-state index contributed by atoms with van der Waals surface area (Å²) in [5.74, 6) is -0.611. The third kappa shape index (κ3) is 10.2. The number of carbonyl (C=O) groups is 1. The van der Waals surface area contributed by atoms with E-state index in [0.717, 1.165) is 29.5 Å². The van der Waals surface area contributed by atoms with Crippen LogP contribution in [0.1, 0.15) is 40.8 Å². The number of benzene rings is 3. The number of anilines is 1. The summed E-state index contributed by atoms with van der Waals surface area (Å²) >= 11 is 5.64. The maximum atomic E-state index is 13.1. The molecule has 5 N–H and O–H groups in total. The van der Waals surface area contributed by atoms with Crippen LogP contribution in [-0.4, -0.2) is 43.4 Å². The molecule has 0 bridgehead atoms. The number of amides is 1. The second-order valence-electron chi connectivity index (χ2n) is 9.77. The Balaban J connectivity index is 1.52. The summed E-state index contributed by atoms with van der Waals surface area (Å²) in [5.41, 5.74) is 1.37. The van der Waals surface area contributed by atoms with Crippen molar-refractivity contribution in [2.45, 2.75) is 44.6 Å². The standard InChI is InChI=1S/C28H31ClF3N3O5S/c1-17(33-16-26(37)21-7-9-25(36)24(14-21)35-41(2,39)40)10-18-4-3-5-19(11-18)13-27(38)34-15-20-6-8-23(29)22(12-20)28(30,31)32/h3-9,11-12,14,17,26,33,35-37H,10,13,15-16H2,1-2H3,(H,34,38)/t17-,26+/m1/s1. The van der Waals surface area contributed by atoms with Crippen molar-refractivity contribution in [3.8, 4) is 5.75 Å². The molecule has 0 radical (unpaired) electrons. The molecule has 1 amide bonds. The van der Waals surface area contributed by atoms with Crippen LogP contribution in [0.2, 0.25) is 5.02 Å². The maximum Gasteiger partial charge on any atom is 0.417 e. The van der Waals surface area contributed by atoms with Gasteiger partial charge in [-0.1, -0.05) is 48.0 Å². The van der Waals surface area contributed by atoms with E-state index in [2.05, 4.69) is 15.4 Å². The number of alkyl halides is 3. The number of aliphatic hydroxyl groups is 1. The van der Waals surface area contributed by atoms with Gasteiger partial charge in [0.1, 0.15) is 5.75 Å². The Morgan fingerprint density at radius 3 is 2.41 bits per heavy atom. The van der Waals surface area contributed by atoms with Crippen LogP contribution in [0.25, 0.3) is 0 Å². The lowest BCUT2D eigenvalue weighted by molar-refractivity contribution is -0.137. The molecule has 3 rings (SSSR count). The number of sulfonamides is 1. The predicted octanol–water partition coefficient (Wildman–Crippen LogP) is 4.55. The number of carbonyl (C=O) groups excluding carboxylic acids is 1. The Morgan fingerprint density at radius 1 is 1.02 bits per heavy atom. The van der Waals surface area contributed by atoms with Gasteiger partial charge in [0.2, 0.25) is 15.9 Å². The van der Waals surface area contributed by atoms with Crippen molar-refractivity contribution in [2.24, 2.45) is 0 Å². The first-order valence-electron chi connectivity index (χ1n) is 12.5. The first-order chi connectivity index (χ1) is 19.1. The molecule has 0 saturated carbocycles. The van der Waals surface area contributed by atoms with Crippen LogP contribution in [0, 0.1) is 0 Å². The topological polar surface area (TPSA) is 128 Å². The van der Waals surface area contributed by atoms with E-state index in [9.17, 15) is 36.6 Å². The number of nitrogens with one attached hydrogen (secondary N) is 3. The second-order valence-corrected chi connectivity index (χ2v) is 11.9. The smallest absolute Gasteiger partial charge is 0.417 e. The summed E-state index contributed by atoms with van der Waals surface area (Å²) in [7, 11) is -3.61. The maximum absolute atomic E-state index is 13.1. The fourth-order valence-corrected chi connectivity index (χ4v) is 4.90. The van der Waals surface area contributed by atoms with Crippen LogP contribution in [0.3, 0.4) is 0 Å². The number of phenols is 1. The first kappa shape index (κ1) is 32.2. The Morgan fingerprint density at radius 2 is 1.73 bits per heavy atom. The Kier molecular flexibility index (Phi) is 10.6. The van der Waals surface area contributed by atoms with Crippen LogP contribution in [0.5, 0.6) is 5.75 Å². The number of aliphatic hydroxyl groups excluding tert-OH is 1. The summed E-state index contributed by atoms with van der Waals surface area (Å²) in [6, 6.07) is 14.9. The van der Waals surface area contributed by atoms with Gasteiger partial charge in [-0.3, -0.25) is 9.52 Å². The zero-order chi connectivity index (χ0) is 30.4. The molecular formula is C28H31ClF3N3O5S. The number of hydrogen-bond donors (Lipinski definition) is 5. The van der Waals surface area contributed by atoms with Gasteiger partial charge in [0.05, 0.1) is 35.1 Å². The van der Waals surface area contributed by atoms with Gasteiger partial charge in [0, 0.05) is 19.1 Å². The fourth-order valence-electron chi connectivity index (χ4n) is 4.11. The van der Waals surface area contributed by atoms with Gasteiger partial charge < -0.3 is 20.8 Å². The number of aromatic hydroxyl groups is 1. The summed E-state index contributed by atoms with van der Waals surface area (Å²) in [6.07, 6.45) is -3.99. The number of halogens is 4. The van der Waals surface area contributed by atoms with Gasteiger partial charge in [-0.2, -0.15) is 13.2 Å². The minimum Gasteiger partial charge on any atom is -0.506 e. The van der Waals surface area contributed by atoms with Crippen LogP contribution in [0.4, 0.5) is 18.9 Å². The molecule has 222 valence electrons. The van der Waals surface area contributed by atoms with E-state index in [1.165, 1.54) is 24.3 Å². The van der Waals surface area contributed by atoms with Crippen LogP contribution in [0.15, 0.2) is 60.7 Å². The van der Waals surface area contributed by atoms with Crippen molar-refractivity contribution >= 4 is 33.2 Å². The molecule has 0 heterocycles. The molecule has 2 atom stereocenters. The van der Waals surface area contributed by atoms with Crippen LogP contribution >= 0.6 is 11.6 Å². The first-order valence-corrected chi connectivity index (χ1v) is 14.8. The lowest BCUT2D eigenvalue weighted by atomic mass is 10.0. The molecule has 3 aromatic carbocycles. The molecular weight excluding hydrogens is 583 g/mol. The molecule has 41 heavy (non-hydrogen) atoms. The van der Waals surface area contributed by atoms with E-state index in [4.69, 9.17) is 11.6 Å². The van der Waals surface area contributed by atoms with Gasteiger partial charge in [-0.05, 0) is 59.9 Å². The van der Waals surface area contributed by atoms with E-state index < -0.39 is 32.9 Å². The van der Waals surface area contributed by atoms with E-state index in [1.807, 2.05) is 19.1 Å². The number of rotatable bonds is 12. The molecule has 0 fully saturated rings. The van der Waals surface area contributed by atoms with E-state index in [0.29, 0.717) is 12.0 Å². The van der Waals surface area contributed by atoms with Crippen molar-refractivity contribution in [3.05, 3.63) is 93.5 Å². The quantitative estimate of drug-likeness (QED) is 0.191. The summed E-state index contributed by atoms with van der Waals surface area (Å²) in [4.78, 5) is 12.4. The monoisotopic (exact) mass is 613 g/mol. The second kappa shape index (κ2) is 13.6. The van der Waals surface area contributed by atoms with Crippen molar-refractivity contribution in [1.29, 1.82) is 0 Å². The zero-order valence-electron chi connectivity index (χ0n) is 22.3. The third-order valence-electron chi connectivity index (χ3n) is 6.08. The SMILES string of the molecule is C[C@H](Cc1cccc(CC(=O)NCc2ccc(Cl)c(C(F)(F)F)c2)c1)NC[C@H](O)c1ccc(O)c(NS(C)(=O)=O)c1. The van der Waals surface area contributed by atoms with Gasteiger partial charge >= 0.3 is 6.18 Å². The van der Waals surface area contributed by atoms with Gasteiger partial charge in [0.25, 0.3) is 0 Å². The van der Waals surface area contributed by atoms with Crippen molar-refractivity contribution < 1.29 is 36.6 Å². The van der Waals surface area contributed by atoms with Crippen LogP contribution < -0.4 is 15.4 Å². The molecule has 3 aromatic rings. The molecule has 0 aromatic heterocycles. The molecule has 0 spiro atoms. The predicted molar refractivity (Wildman–Crippen MR) is 151 cm³/mol. The van der Waals surface area contributed by atoms with Crippen molar-refractivity contribution in [2.75, 3.05) is 17.5 Å². The molecule has 0 unspecified atom stereocenters. The summed E-state index contributed by atoms with van der Waals surface area (Å²) in [6.45, 7) is 2.00. The van der Waals surface area contributed by atoms with Gasteiger partial charge in [-0.25, -0.2) is 8.42 Å². The minimum absolute atomic E-state index is 0.0304.